The Labute approximate surface area is 113 Å². The zero-order chi connectivity index (χ0) is 13.4. The smallest absolute Gasteiger partial charge is 0.319 e. The van der Waals surface area contributed by atoms with Crippen LogP contribution in [0.5, 0.6) is 0 Å². The molecule has 0 fully saturated rings. The lowest BCUT2D eigenvalue weighted by Crippen LogP contribution is -2.21. The summed E-state index contributed by atoms with van der Waals surface area (Å²) in [5.41, 5.74) is 1.23. The Kier molecular flexibility index (Phi) is 2.68. The van der Waals surface area contributed by atoms with E-state index in [9.17, 15) is 9.59 Å². The molecular weight excluding hydrogens is 266 g/mol. The lowest BCUT2D eigenvalue weighted by molar-refractivity contribution is 0.102. The zero-order valence-corrected chi connectivity index (χ0v) is 10.4. The van der Waals surface area contributed by atoms with Gasteiger partial charge in [-0.3, -0.25) is 9.59 Å². The van der Waals surface area contributed by atoms with Crippen molar-refractivity contribution in [3.05, 3.63) is 48.2 Å². The number of rotatable bonds is 0. The van der Waals surface area contributed by atoms with E-state index in [1.807, 2.05) is 0 Å². The highest BCUT2D eigenvalue weighted by Gasteiger charge is 2.28. The van der Waals surface area contributed by atoms with Crippen LogP contribution in [-0.2, 0) is 0 Å². The van der Waals surface area contributed by atoms with E-state index < -0.39 is 5.37 Å². The number of nitrogens with zero attached hydrogens (tertiary/aromatic N) is 2. The summed E-state index contributed by atoms with van der Waals surface area (Å²) in [5.74, 6) is 0.00562. The van der Waals surface area contributed by atoms with Crippen molar-refractivity contribution in [3.8, 4) is 0 Å². The van der Waals surface area contributed by atoms with E-state index in [1.165, 1.54) is 11.1 Å². The first-order chi connectivity index (χ1) is 9.18. The van der Waals surface area contributed by atoms with Crippen LogP contribution in [-0.4, -0.2) is 16.3 Å². The number of aromatic nitrogens is 1. The number of nitrogens with one attached hydrogen (secondary N) is 1. The normalized spacial score (nSPS) is 13.1. The quantitative estimate of drug-likeness (QED) is 0.592. The van der Waals surface area contributed by atoms with Gasteiger partial charge in [-0.1, -0.05) is 12.1 Å². The molecule has 2 heterocycles. The van der Waals surface area contributed by atoms with Crippen molar-refractivity contribution >= 4 is 40.1 Å². The molecule has 5 nitrogen and oxygen atoms in total. The molecule has 6 heteroatoms. The van der Waals surface area contributed by atoms with Gasteiger partial charge in [-0.05, 0) is 35.9 Å². The number of carbonyl (C=O) groups is 2. The van der Waals surface area contributed by atoms with Gasteiger partial charge in [0, 0.05) is 6.20 Å². The Morgan fingerprint density at radius 2 is 2.00 bits per heavy atom. The van der Waals surface area contributed by atoms with Gasteiger partial charge in [0.25, 0.3) is 5.91 Å². The number of para-hydroxylation sites is 1. The first-order valence-corrected chi connectivity index (χ1v) is 5.91. The number of hydrogen-bond donors (Lipinski definition) is 1. The zero-order valence-electron chi connectivity index (χ0n) is 9.63. The van der Waals surface area contributed by atoms with Gasteiger partial charge in [-0.2, -0.15) is 0 Å². The first-order valence-electron chi connectivity index (χ1n) is 5.53. The fraction of sp³-hybridized carbons (Fsp3) is 0. The van der Waals surface area contributed by atoms with Crippen molar-refractivity contribution in [3.63, 3.8) is 0 Å². The minimum atomic E-state index is -0.719. The SMILES string of the molecule is O=C1Nc2cccnc2N(C(=O)Cl)c2ccccc21. The largest absolute Gasteiger partial charge is 0.326 e. The van der Waals surface area contributed by atoms with Crippen molar-refractivity contribution in [2.45, 2.75) is 0 Å². The van der Waals surface area contributed by atoms with Crippen molar-refractivity contribution in [1.29, 1.82) is 0 Å². The molecule has 1 aromatic carbocycles. The summed E-state index contributed by atoms with van der Waals surface area (Å²) < 4.78 is 0. The molecule has 0 unspecified atom stereocenters. The van der Waals surface area contributed by atoms with E-state index in [0.29, 0.717) is 22.8 Å². The van der Waals surface area contributed by atoms with Gasteiger partial charge >= 0.3 is 5.37 Å². The molecule has 2 aromatic rings. The molecule has 1 N–H and O–H groups in total. The molecule has 1 aliphatic heterocycles. The van der Waals surface area contributed by atoms with Gasteiger partial charge in [0.15, 0.2) is 5.82 Å². The number of hydrogen-bond acceptors (Lipinski definition) is 3. The molecule has 0 bridgehead atoms. The number of amides is 2. The van der Waals surface area contributed by atoms with Crippen LogP contribution < -0.4 is 10.2 Å². The fourth-order valence-electron chi connectivity index (χ4n) is 2.02. The maximum absolute atomic E-state index is 12.1. The molecule has 1 aliphatic rings. The van der Waals surface area contributed by atoms with Crippen LogP contribution in [0.15, 0.2) is 42.6 Å². The van der Waals surface area contributed by atoms with E-state index >= 15 is 0 Å². The van der Waals surface area contributed by atoms with Gasteiger partial charge in [0.05, 0.1) is 16.9 Å². The molecule has 1 aromatic heterocycles. The summed E-state index contributed by atoms with van der Waals surface area (Å²) in [7, 11) is 0. The highest BCUT2D eigenvalue weighted by molar-refractivity contribution is 6.67. The lowest BCUT2D eigenvalue weighted by Gasteiger charge is -2.19. The van der Waals surface area contributed by atoms with Crippen LogP contribution in [0.2, 0.25) is 0 Å². The Morgan fingerprint density at radius 3 is 2.79 bits per heavy atom. The van der Waals surface area contributed by atoms with Crippen molar-refractivity contribution in [2.75, 3.05) is 10.2 Å². The third kappa shape index (κ3) is 1.84. The fourth-order valence-corrected chi connectivity index (χ4v) is 2.19. The first kappa shape index (κ1) is 11.7. The maximum Gasteiger partial charge on any atom is 0.326 e. The minimum Gasteiger partial charge on any atom is -0.319 e. The summed E-state index contributed by atoms with van der Waals surface area (Å²) in [6.07, 6.45) is 1.53. The Balaban J connectivity index is 2.32. The summed E-state index contributed by atoms with van der Waals surface area (Å²) in [6, 6.07) is 10.1. The van der Waals surface area contributed by atoms with Crippen LogP contribution in [0.4, 0.5) is 22.0 Å². The maximum atomic E-state index is 12.1. The number of pyridine rings is 1. The van der Waals surface area contributed by atoms with Crippen LogP contribution in [0.25, 0.3) is 0 Å². The van der Waals surface area contributed by atoms with Crippen LogP contribution in [0, 0.1) is 0 Å². The number of anilines is 3. The summed E-state index contributed by atoms with van der Waals surface area (Å²) in [6.45, 7) is 0. The average molecular weight is 274 g/mol. The van der Waals surface area contributed by atoms with Gasteiger partial charge < -0.3 is 5.32 Å². The van der Waals surface area contributed by atoms with Gasteiger partial charge in [-0.25, -0.2) is 9.88 Å². The van der Waals surface area contributed by atoms with E-state index in [1.54, 1.807) is 36.4 Å². The summed E-state index contributed by atoms with van der Waals surface area (Å²) >= 11 is 5.64. The number of benzene rings is 1. The standard InChI is InChI=1S/C13H8ClN3O2/c14-13(19)17-10-6-2-1-4-8(10)12(18)16-9-5-3-7-15-11(9)17/h1-7H,(H,16,18). The third-order valence-corrected chi connectivity index (χ3v) is 2.98. The molecule has 19 heavy (non-hydrogen) atoms. The third-order valence-electron chi connectivity index (χ3n) is 2.81. The highest BCUT2D eigenvalue weighted by Crippen LogP contribution is 2.36. The van der Waals surface area contributed by atoms with E-state index in [0.717, 1.165) is 0 Å². The predicted molar refractivity (Wildman–Crippen MR) is 72.0 cm³/mol. The van der Waals surface area contributed by atoms with E-state index in [2.05, 4.69) is 10.3 Å². The van der Waals surface area contributed by atoms with Gasteiger partial charge in [-0.15, -0.1) is 0 Å². The van der Waals surface area contributed by atoms with Crippen LogP contribution in [0.3, 0.4) is 0 Å². The Morgan fingerprint density at radius 1 is 1.21 bits per heavy atom. The Hall–Kier alpha value is -2.40. The second-order valence-electron chi connectivity index (χ2n) is 3.93. The summed E-state index contributed by atoms with van der Waals surface area (Å²) in [5, 5.41) is 1.99. The molecule has 0 aliphatic carbocycles. The molecule has 94 valence electrons. The topological polar surface area (TPSA) is 62.3 Å². The number of fused-ring (bicyclic) bond motifs is 2. The van der Waals surface area contributed by atoms with E-state index in [4.69, 9.17) is 11.6 Å². The Bertz CT molecular complexity index is 687. The second kappa shape index (κ2) is 4.37. The van der Waals surface area contributed by atoms with Crippen LogP contribution in [0.1, 0.15) is 10.4 Å². The molecule has 0 spiro atoms. The summed E-state index contributed by atoms with van der Waals surface area (Å²) in [4.78, 5) is 29.1. The number of carbonyl (C=O) groups excluding carboxylic acids is 2. The monoisotopic (exact) mass is 273 g/mol. The van der Waals surface area contributed by atoms with Crippen molar-refractivity contribution in [2.24, 2.45) is 0 Å². The molecular formula is C13H8ClN3O2. The average Bonchev–Trinajstić information content (AvgIpc) is 2.53. The molecule has 2 amide bonds. The molecule has 0 radical (unpaired) electrons. The van der Waals surface area contributed by atoms with Gasteiger partial charge in [0.2, 0.25) is 0 Å². The highest BCUT2D eigenvalue weighted by atomic mass is 35.5. The van der Waals surface area contributed by atoms with E-state index in [-0.39, 0.29) is 5.91 Å². The minimum absolute atomic E-state index is 0.301. The second-order valence-corrected chi connectivity index (χ2v) is 4.26. The predicted octanol–water partition coefficient (Wildman–Crippen LogP) is 3.14. The van der Waals surface area contributed by atoms with Gasteiger partial charge in [0.1, 0.15) is 0 Å². The van der Waals surface area contributed by atoms with Crippen molar-refractivity contribution < 1.29 is 9.59 Å². The molecule has 0 saturated heterocycles. The van der Waals surface area contributed by atoms with Crippen LogP contribution >= 0.6 is 11.6 Å². The molecule has 0 saturated carbocycles. The molecule has 3 rings (SSSR count). The molecule has 0 atom stereocenters. The number of halogens is 1. The lowest BCUT2D eigenvalue weighted by atomic mass is 10.1. The van der Waals surface area contributed by atoms with Crippen molar-refractivity contribution in [1.82, 2.24) is 4.98 Å².